The zero-order chi connectivity index (χ0) is 22.5. The number of nitrogens with one attached hydrogen (secondary N) is 1. The van der Waals surface area contributed by atoms with Crippen molar-refractivity contribution in [3.05, 3.63) is 89.9 Å². The zero-order valence-electron chi connectivity index (χ0n) is 17.6. The van der Waals surface area contributed by atoms with Crippen molar-refractivity contribution in [1.29, 1.82) is 5.26 Å². The quantitative estimate of drug-likeness (QED) is 0.513. The first kappa shape index (κ1) is 20.8. The van der Waals surface area contributed by atoms with Crippen molar-refractivity contribution in [3.8, 4) is 11.8 Å². The van der Waals surface area contributed by atoms with Gasteiger partial charge in [0.25, 0.3) is 0 Å². The lowest BCUT2D eigenvalue weighted by Crippen LogP contribution is -2.26. The summed E-state index contributed by atoms with van der Waals surface area (Å²) in [5.74, 6) is 0.757. The van der Waals surface area contributed by atoms with E-state index < -0.39 is 12.1 Å². The van der Waals surface area contributed by atoms with Gasteiger partial charge in [0.1, 0.15) is 5.52 Å². The lowest BCUT2D eigenvalue weighted by Gasteiger charge is -2.23. The lowest BCUT2D eigenvalue weighted by molar-refractivity contribution is 0.172. The number of amides is 1. The van der Waals surface area contributed by atoms with E-state index in [1.807, 2.05) is 36.4 Å². The van der Waals surface area contributed by atoms with E-state index in [9.17, 15) is 10.1 Å². The van der Waals surface area contributed by atoms with Gasteiger partial charge in [-0.2, -0.15) is 5.26 Å². The summed E-state index contributed by atoms with van der Waals surface area (Å²) in [4.78, 5) is 26.9. The average Bonchev–Trinajstić information content (AvgIpc) is 2.83. The van der Waals surface area contributed by atoms with Crippen molar-refractivity contribution in [1.82, 2.24) is 19.9 Å². The summed E-state index contributed by atoms with van der Waals surface area (Å²) in [5.41, 5.74) is 2.63. The molecule has 1 amide bonds. The van der Waals surface area contributed by atoms with Crippen LogP contribution in [0, 0.1) is 11.3 Å². The van der Waals surface area contributed by atoms with Crippen LogP contribution in [0.3, 0.4) is 0 Å². The summed E-state index contributed by atoms with van der Waals surface area (Å²) in [6.45, 7) is 0. The monoisotopic (exact) mass is 424 g/mol. The molecule has 8 heteroatoms. The lowest BCUT2D eigenvalue weighted by atomic mass is 9.95. The summed E-state index contributed by atoms with van der Waals surface area (Å²) in [5, 5.41) is 13.3. The second-order valence-corrected chi connectivity index (χ2v) is 7.20. The minimum Gasteiger partial charge on any atom is -0.407 e. The van der Waals surface area contributed by atoms with Gasteiger partial charge >= 0.3 is 6.09 Å². The molecule has 4 aromatic rings. The summed E-state index contributed by atoms with van der Waals surface area (Å²) in [7, 11) is 3.24. The van der Waals surface area contributed by atoms with Crippen molar-refractivity contribution in [3.63, 3.8) is 0 Å². The maximum atomic E-state index is 12.5. The average molecular weight is 424 g/mol. The fraction of sp³-hybridized carbons (Fsp3) is 0.125. The highest BCUT2D eigenvalue weighted by atomic mass is 16.6. The number of aromatic nitrogens is 3. The Bertz CT molecular complexity index is 1280. The molecule has 0 spiro atoms. The maximum absolute atomic E-state index is 12.5. The fourth-order valence-corrected chi connectivity index (χ4v) is 3.24. The third-order valence-electron chi connectivity index (χ3n) is 4.84. The number of benzene rings is 2. The predicted octanol–water partition coefficient (Wildman–Crippen LogP) is 4.16. The minimum absolute atomic E-state index is 0.347. The molecule has 0 bridgehead atoms. The second-order valence-electron chi connectivity index (χ2n) is 7.20. The molecule has 2 aromatic heterocycles. The van der Waals surface area contributed by atoms with Crippen LogP contribution in [-0.2, 0) is 0 Å². The highest BCUT2D eigenvalue weighted by Gasteiger charge is 2.24. The Morgan fingerprint density at radius 3 is 2.41 bits per heavy atom. The van der Waals surface area contributed by atoms with Crippen LogP contribution in [0.2, 0.25) is 0 Å². The Morgan fingerprint density at radius 2 is 1.72 bits per heavy atom. The number of nitrogens with zero attached hydrogens (tertiary/aromatic N) is 5. The van der Waals surface area contributed by atoms with E-state index in [4.69, 9.17) is 4.74 Å². The van der Waals surface area contributed by atoms with E-state index in [0.29, 0.717) is 28.3 Å². The number of carbonyl (C=O) groups is 1. The van der Waals surface area contributed by atoms with Gasteiger partial charge in [-0.25, -0.2) is 14.8 Å². The van der Waals surface area contributed by atoms with Crippen LogP contribution in [0.25, 0.3) is 10.9 Å². The smallest absolute Gasteiger partial charge is 0.407 e. The van der Waals surface area contributed by atoms with E-state index in [-0.39, 0.29) is 0 Å². The molecule has 2 heterocycles. The van der Waals surface area contributed by atoms with E-state index in [1.165, 1.54) is 4.90 Å². The van der Waals surface area contributed by atoms with Gasteiger partial charge in [0, 0.05) is 43.6 Å². The van der Waals surface area contributed by atoms with Gasteiger partial charge < -0.3 is 15.0 Å². The third kappa shape index (κ3) is 4.32. The predicted molar refractivity (Wildman–Crippen MR) is 120 cm³/mol. The molecule has 158 valence electrons. The molecule has 2 aromatic carbocycles. The largest absolute Gasteiger partial charge is 0.414 e. The summed E-state index contributed by atoms with van der Waals surface area (Å²) in [6, 6.07) is 18.1. The van der Waals surface area contributed by atoms with Crippen LogP contribution in [0.15, 0.2) is 73.2 Å². The first-order chi connectivity index (χ1) is 15.6. The van der Waals surface area contributed by atoms with Crippen molar-refractivity contribution in [2.75, 3.05) is 19.4 Å². The van der Waals surface area contributed by atoms with E-state index in [1.54, 1.807) is 50.9 Å². The first-order valence-electron chi connectivity index (χ1n) is 9.87. The van der Waals surface area contributed by atoms with Crippen molar-refractivity contribution < 1.29 is 9.53 Å². The summed E-state index contributed by atoms with van der Waals surface area (Å²) < 4.78 is 5.80. The number of hydrogen-bond acceptors (Lipinski definition) is 7. The molecule has 0 saturated heterocycles. The van der Waals surface area contributed by atoms with E-state index in [0.717, 1.165) is 10.9 Å². The van der Waals surface area contributed by atoms with Gasteiger partial charge in [-0.3, -0.25) is 4.98 Å². The van der Waals surface area contributed by atoms with Gasteiger partial charge in [0.05, 0.1) is 17.7 Å². The third-order valence-corrected chi connectivity index (χ3v) is 4.84. The fourth-order valence-electron chi connectivity index (χ4n) is 3.24. The first-order valence-corrected chi connectivity index (χ1v) is 9.87. The number of fused-ring (bicyclic) bond motifs is 1. The van der Waals surface area contributed by atoms with Gasteiger partial charge in [-0.05, 0) is 29.8 Å². The van der Waals surface area contributed by atoms with Gasteiger partial charge in [0.15, 0.2) is 5.75 Å². The highest BCUT2D eigenvalue weighted by molar-refractivity contribution is 5.88. The number of carbonyl (C=O) groups excluding carboxylic acids is 1. The molecule has 8 nitrogen and oxygen atoms in total. The van der Waals surface area contributed by atoms with Crippen molar-refractivity contribution in [2.45, 2.75) is 6.04 Å². The van der Waals surface area contributed by atoms with Crippen molar-refractivity contribution >= 4 is 22.9 Å². The Kier molecular flexibility index (Phi) is 5.90. The van der Waals surface area contributed by atoms with Crippen LogP contribution >= 0.6 is 0 Å². The molecule has 0 aliphatic rings. The summed E-state index contributed by atoms with van der Waals surface area (Å²) >= 11 is 0. The highest BCUT2D eigenvalue weighted by Crippen LogP contribution is 2.37. The van der Waals surface area contributed by atoms with Gasteiger partial charge in [-0.1, -0.05) is 30.3 Å². The molecule has 0 radical (unpaired) electrons. The maximum Gasteiger partial charge on any atom is 0.414 e. The number of ether oxygens (including phenoxy) is 1. The molecule has 0 aliphatic heterocycles. The van der Waals surface area contributed by atoms with Crippen LogP contribution < -0.4 is 10.1 Å². The molecule has 0 aliphatic carbocycles. The molecule has 0 fully saturated rings. The Labute approximate surface area is 185 Å². The number of rotatable bonds is 5. The molecule has 1 atom stereocenters. The van der Waals surface area contributed by atoms with E-state index >= 15 is 0 Å². The molecular weight excluding hydrogens is 404 g/mol. The van der Waals surface area contributed by atoms with Gasteiger partial charge in [0.2, 0.25) is 5.95 Å². The standard InChI is InChI=1S/C24H20N6O2/c1-30(2)24(31)32-22-19(11-10-17-5-3-12-26-21(17)22)20(29-23-27-13-4-14-28-23)18-8-6-16(15-25)7-9-18/h3-14,20H,1-2H3,(H,27,28,29). The normalized spacial score (nSPS) is 11.4. The molecule has 1 unspecified atom stereocenters. The minimum atomic E-state index is -0.515. The number of nitriles is 1. The topological polar surface area (TPSA) is 104 Å². The Balaban J connectivity index is 1.89. The molecular formula is C24H20N6O2. The van der Waals surface area contributed by atoms with Crippen molar-refractivity contribution in [2.24, 2.45) is 0 Å². The van der Waals surface area contributed by atoms with Crippen LogP contribution in [0.4, 0.5) is 10.7 Å². The van der Waals surface area contributed by atoms with Crippen LogP contribution in [0.1, 0.15) is 22.7 Å². The number of anilines is 1. The molecule has 1 N–H and O–H groups in total. The zero-order valence-corrected chi connectivity index (χ0v) is 17.6. The molecule has 32 heavy (non-hydrogen) atoms. The molecule has 4 rings (SSSR count). The Morgan fingerprint density at radius 1 is 1.00 bits per heavy atom. The molecule has 0 saturated carbocycles. The number of hydrogen-bond donors (Lipinski definition) is 1. The van der Waals surface area contributed by atoms with Crippen LogP contribution in [0.5, 0.6) is 5.75 Å². The van der Waals surface area contributed by atoms with Gasteiger partial charge in [-0.15, -0.1) is 0 Å². The SMILES string of the molecule is CN(C)C(=O)Oc1c(C(Nc2ncccn2)c2ccc(C#N)cc2)ccc2cccnc12. The number of pyridine rings is 1. The second kappa shape index (κ2) is 9.10. The Hall–Kier alpha value is -4.51. The van der Waals surface area contributed by atoms with Crippen LogP contribution in [-0.4, -0.2) is 40.0 Å². The summed E-state index contributed by atoms with van der Waals surface area (Å²) in [6.07, 6.45) is 4.42. The van der Waals surface area contributed by atoms with E-state index in [2.05, 4.69) is 26.3 Å².